The van der Waals surface area contributed by atoms with Gasteiger partial charge in [0.2, 0.25) is 6.36 Å². The van der Waals surface area contributed by atoms with Crippen molar-refractivity contribution >= 4 is 38.3 Å². The van der Waals surface area contributed by atoms with Crippen LogP contribution in [0, 0.1) is 5.41 Å². The topological polar surface area (TPSA) is 87.4 Å². The molecule has 1 fully saturated rings. The molecule has 0 bridgehead atoms. The molecule has 3 aromatic rings. The molecule has 1 unspecified atom stereocenters. The molecule has 2 heterocycles. The fraction of sp³-hybridized carbons (Fsp3) is 0.462. The van der Waals surface area contributed by atoms with Gasteiger partial charge < -0.3 is 4.74 Å². The van der Waals surface area contributed by atoms with E-state index in [9.17, 15) is 22.4 Å². The minimum Gasteiger partial charge on any atom is -0.461 e. The summed E-state index contributed by atoms with van der Waals surface area (Å²) in [4.78, 5) is 26.9. The van der Waals surface area contributed by atoms with Crippen LogP contribution in [0.3, 0.4) is 0 Å². The predicted molar refractivity (Wildman–Crippen MR) is 139 cm³/mol. The zero-order valence-corrected chi connectivity index (χ0v) is 22.3. The third-order valence-corrected chi connectivity index (χ3v) is 8.82. The summed E-state index contributed by atoms with van der Waals surface area (Å²) in [5.41, 5.74) is 0.946. The first-order valence-electron chi connectivity index (χ1n) is 11.9. The normalized spacial score (nSPS) is 17.9. The van der Waals surface area contributed by atoms with Gasteiger partial charge in [-0.05, 0) is 56.4 Å². The molecule has 0 spiro atoms. The summed E-state index contributed by atoms with van der Waals surface area (Å²) in [6.45, 7) is 6.90. The average Bonchev–Trinajstić information content (AvgIpc) is 3.09. The summed E-state index contributed by atoms with van der Waals surface area (Å²) in [6.07, 6.45) is -0.502. The van der Waals surface area contributed by atoms with Crippen molar-refractivity contribution in [3.63, 3.8) is 0 Å². The van der Waals surface area contributed by atoms with Crippen molar-refractivity contribution in [3.05, 3.63) is 57.5 Å². The van der Waals surface area contributed by atoms with Crippen LogP contribution < -0.4 is 10.4 Å². The number of ketones is 1. The Morgan fingerprint density at radius 1 is 1.17 bits per heavy atom. The van der Waals surface area contributed by atoms with Gasteiger partial charge in [0.25, 0.3) is 0 Å². The van der Waals surface area contributed by atoms with E-state index in [1.807, 2.05) is 20.8 Å². The van der Waals surface area contributed by atoms with E-state index in [1.54, 1.807) is 36.4 Å². The van der Waals surface area contributed by atoms with Crippen LogP contribution in [0.5, 0.6) is 5.75 Å². The van der Waals surface area contributed by atoms with E-state index in [1.165, 1.54) is 16.1 Å². The van der Waals surface area contributed by atoms with Crippen molar-refractivity contribution in [1.29, 1.82) is 0 Å². The quantitative estimate of drug-likeness (QED) is 0.372. The van der Waals surface area contributed by atoms with Crippen LogP contribution in [0.25, 0.3) is 16.7 Å². The Kier molecular flexibility index (Phi) is 7.09. The number of halogens is 2. The van der Waals surface area contributed by atoms with Crippen molar-refractivity contribution < 1.29 is 22.3 Å². The highest BCUT2D eigenvalue weighted by Crippen LogP contribution is 2.38. The lowest BCUT2D eigenvalue weighted by Crippen LogP contribution is -2.33. The monoisotopic (exact) mass is 536 g/mol. The van der Waals surface area contributed by atoms with Gasteiger partial charge in [-0.1, -0.05) is 24.6 Å². The maximum atomic E-state index is 13.5. The fourth-order valence-corrected chi connectivity index (χ4v) is 6.96. The Hall–Kier alpha value is -2.65. The van der Waals surface area contributed by atoms with Crippen LogP contribution in [-0.4, -0.2) is 41.2 Å². The number of hydrogen-bond acceptors (Lipinski definition) is 5. The maximum absolute atomic E-state index is 13.5. The SMILES string of the molecule is CC(F)Oc1cccc(-n2c(=O)n(C(C)C)c3c(Cl)c(C(=O)CC4(C)CCS(=O)(=O)CC4)ccc32)c1. The number of benzene rings is 2. The van der Waals surface area contributed by atoms with E-state index in [-0.39, 0.29) is 46.2 Å². The molecule has 0 saturated carbocycles. The summed E-state index contributed by atoms with van der Waals surface area (Å²) in [7, 11) is -3.05. The second kappa shape index (κ2) is 9.67. The van der Waals surface area contributed by atoms with E-state index in [4.69, 9.17) is 16.3 Å². The third kappa shape index (κ3) is 5.09. The first-order chi connectivity index (χ1) is 16.8. The number of ether oxygens (including phenoxy) is 1. The largest absolute Gasteiger partial charge is 0.461 e. The standard InChI is InChI=1S/C26H30ClFN2O5S/c1-16(2)29-24-21(30(25(29)32)18-6-5-7-19(14-18)35-17(3)28)9-8-20(23(24)27)22(31)15-26(4)10-12-36(33,34)13-11-26/h5-9,14,16-17H,10-13,15H2,1-4H3. The zero-order valence-electron chi connectivity index (χ0n) is 20.8. The highest BCUT2D eigenvalue weighted by atomic mass is 35.5. The maximum Gasteiger partial charge on any atom is 0.334 e. The van der Waals surface area contributed by atoms with Crippen LogP contribution in [0.2, 0.25) is 5.02 Å². The summed E-state index contributed by atoms with van der Waals surface area (Å²) in [5.74, 6) is 0.235. The van der Waals surface area contributed by atoms with Gasteiger partial charge in [0.05, 0.1) is 33.2 Å². The molecule has 36 heavy (non-hydrogen) atoms. The molecule has 1 aromatic heterocycles. The molecule has 1 atom stereocenters. The zero-order chi connectivity index (χ0) is 26.4. The Labute approximate surface area is 214 Å². The molecule has 0 radical (unpaired) electrons. The van der Waals surface area contributed by atoms with Gasteiger partial charge in [-0.15, -0.1) is 0 Å². The van der Waals surface area contributed by atoms with E-state index >= 15 is 0 Å². The molecule has 10 heteroatoms. The lowest BCUT2D eigenvalue weighted by Gasteiger charge is -2.32. The van der Waals surface area contributed by atoms with Gasteiger partial charge in [0.1, 0.15) is 15.6 Å². The number of rotatable bonds is 7. The van der Waals surface area contributed by atoms with Crippen molar-refractivity contribution in [2.75, 3.05) is 11.5 Å². The van der Waals surface area contributed by atoms with Gasteiger partial charge in [0, 0.05) is 31.0 Å². The van der Waals surface area contributed by atoms with Crippen molar-refractivity contribution in [3.8, 4) is 11.4 Å². The second-order valence-corrected chi connectivity index (χ2v) is 12.8. The molecule has 1 aliphatic rings. The molecule has 4 rings (SSSR count). The fourth-order valence-electron chi connectivity index (χ4n) is 4.79. The number of nitrogens with zero attached hydrogens (tertiary/aromatic N) is 2. The van der Waals surface area contributed by atoms with E-state index in [2.05, 4.69) is 0 Å². The minimum atomic E-state index is -3.05. The molecule has 2 aromatic carbocycles. The van der Waals surface area contributed by atoms with E-state index in [0.717, 1.165) is 0 Å². The van der Waals surface area contributed by atoms with Crippen LogP contribution >= 0.6 is 11.6 Å². The molecule has 194 valence electrons. The van der Waals surface area contributed by atoms with Gasteiger partial charge >= 0.3 is 5.69 Å². The van der Waals surface area contributed by atoms with Gasteiger partial charge in [-0.25, -0.2) is 17.6 Å². The Morgan fingerprint density at radius 3 is 2.44 bits per heavy atom. The Balaban J connectivity index is 1.80. The highest BCUT2D eigenvalue weighted by molar-refractivity contribution is 7.91. The van der Waals surface area contributed by atoms with Gasteiger partial charge in [0.15, 0.2) is 5.78 Å². The number of carbonyl (C=O) groups is 1. The second-order valence-electron chi connectivity index (χ2n) is 10.1. The van der Waals surface area contributed by atoms with Gasteiger partial charge in [-0.3, -0.25) is 13.9 Å². The molecule has 1 saturated heterocycles. The summed E-state index contributed by atoms with van der Waals surface area (Å²) < 4.78 is 45.3. The number of aromatic nitrogens is 2. The van der Waals surface area contributed by atoms with Crippen molar-refractivity contribution in [2.24, 2.45) is 5.41 Å². The Bertz CT molecular complexity index is 1480. The third-order valence-electron chi connectivity index (χ3n) is 6.79. The molecule has 0 aliphatic carbocycles. The summed E-state index contributed by atoms with van der Waals surface area (Å²) in [5, 5.41) is 0.180. The first kappa shape index (κ1) is 26.4. The molecule has 1 aliphatic heterocycles. The van der Waals surface area contributed by atoms with E-state index in [0.29, 0.717) is 35.1 Å². The predicted octanol–water partition coefficient (Wildman–Crippen LogP) is 5.51. The Morgan fingerprint density at radius 2 is 1.83 bits per heavy atom. The van der Waals surface area contributed by atoms with Crippen LogP contribution in [0.1, 0.15) is 63.4 Å². The van der Waals surface area contributed by atoms with E-state index < -0.39 is 21.6 Å². The number of fused-ring (bicyclic) bond motifs is 1. The molecular weight excluding hydrogens is 507 g/mol. The smallest absolute Gasteiger partial charge is 0.334 e. The minimum absolute atomic E-state index is 0.0727. The van der Waals surface area contributed by atoms with Crippen LogP contribution in [0.15, 0.2) is 41.2 Å². The lowest BCUT2D eigenvalue weighted by molar-refractivity contribution is 0.0860. The van der Waals surface area contributed by atoms with Crippen molar-refractivity contribution in [2.45, 2.75) is 59.4 Å². The average molecular weight is 537 g/mol. The molecular formula is C26H30ClFN2O5S. The number of Topliss-reactive ketones (excluding diaryl/α,β-unsaturated/α-hetero) is 1. The van der Waals surface area contributed by atoms with Gasteiger partial charge in [-0.2, -0.15) is 0 Å². The molecule has 0 amide bonds. The van der Waals surface area contributed by atoms with Crippen LogP contribution in [0.4, 0.5) is 4.39 Å². The molecule has 7 nitrogen and oxygen atoms in total. The highest BCUT2D eigenvalue weighted by Gasteiger charge is 2.36. The number of imidazole rings is 1. The number of carbonyl (C=O) groups excluding carboxylic acids is 1. The van der Waals surface area contributed by atoms with Crippen LogP contribution in [-0.2, 0) is 9.84 Å². The lowest BCUT2D eigenvalue weighted by atomic mass is 9.78. The summed E-state index contributed by atoms with van der Waals surface area (Å²) in [6, 6.07) is 9.61. The summed E-state index contributed by atoms with van der Waals surface area (Å²) >= 11 is 6.80. The number of hydrogen-bond donors (Lipinski definition) is 0. The molecule has 0 N–H and O–H groups in total. The number of sulfone groups is 1. The first-order valence-corrected chi connectivity index (χ1v) is 14.1. The van der Waals surface area contributed by atoms with Crippen molar-refractivity contribution in [1.82, 2.24) is 9.13 Å². The number of alkyl halides is 1.